The Morgan fingerprint density at radius 1 is 1.41 bits per heavy atom. The molecule has 5 nitrogen and oxygen atoms in total. The molecule has 7 heteroatoms. The van der Waals surface area contributed by atoms with E-state index in [0.29, 0.717) is 13.1 Å². The van der Waals surface area contributed by atoms with Gasteiger partial charge in [-0.25, -0.2) is 17.6 Å². The van der Waals surface area contributed by atoms with Gasteiger partial charge in [0.15, 0.2) is 9.84 Å². The first-order valence-electron chi connectivity index (χ1n) is 6.79. The second-order valence-corrected chi connectivity index (χ2v) is 7.41. The van der Waals surface area contributed by atoms with E-state index in [2.05, 4.69) is 11.9 Å². The highest BCUT2D eigenvalue weighted by atomic mass is 32.2. The lowest BCUT2D eigenvalue weighted by Crippen LogP contribution is -2.36. The van der Waals surface area contributed by atoms with E-state index >= 15 is 0 Å². The predicted octanol–water partition coefficient (Wildman–Crippen LogP) is 2.80. The van der Waals surface area contributed by atoms with Gasteiger partial charge in [-0.3, -0.25) is 0 Å². The molecule has 2 amide bonds. The van der Waals surface area contributed by atoms with Gasteiger partial charge >= 0.3 is 6.03 Å². The van der Waals surface area contributed by atoms with E-state index in [1.807, 2.05) is 13.8 Å². The second kappa shape index (κ2) is 7.40. The van der Waals surface area contributed by atoms with Gasteiger partial charge in [-0.05, 0) is 37.6 Å². The molecule has 0 saturated carbocycles. The summed E-state index contributed by atoms with van der Waals surface area (Å²) in [5.74, 6) is -0.890. The number of nitrogens with one attached hydrogen (secondary N) is 1. The van der Waals surface area contributed by atoms with Crippen molar-refractivity contribution in [2.75, 3.05) is 24.7 Å². The molecule has 22 heavy (non-hydrogen) atoms. The van der Waals surface area contributed by atoms with Gasteiger partial charge in [0.2, 0.25) is 0 Å². The molecule has 0 radical (unpaired) electrons. The minimum absolute atomic E-state index is 0.224. The first kappa shape index (κ1) is 18.2. The summed E-state index contributed by atoms with van der Waals surface area (Å²) in [4.78, 5) is 13.7. The number of hydrogen-bond acceptors (Lipinski definition) is 3. The number of halogens is 1. The molecule has 0 bridgehead atoms. The SMILES string of the molecule is C=C(C)CN(CC)C(=O)Nc1ccc(F)cc1CS(C)(=O)=O. The summed E-state index contributed by atoms with van der Waals surface area (Å²) in [6.45, 7) is 8.26. The van der Waals surface area contributed by atoms with Crippen molar-refractivity contribution in [3.63, 3.8) is 0 Å². The van der Waals surface area contributed by atoms with Gasteiger partial charge in [-0.1, -0.05) is 12.2 Å². The Morgan fingerprint density at radius 2 is 2.05 bits per heavy atom. The largest absolute Gasteiger partial charge is 0.322 e. The van der Waals surface area contributed by atoms with E-state index in [4.69, 9.17) is 0 Å². The summed E-state index contributed by atoms with van der Waals surface area (Å²) < 4.78 is 36.2. The van der Waals surface area contributed by atoms with Crippen molar-refractivity contribution in [1.82, 2.24) is 4.90 Å². The molecule has 1 N–H and O–H groups in total. The van der Waals surface area contributed by atoms with Gasteiger partial charge < -0.3 is 10.2 Å². The zero-order valence-electron chi connectivity index (χ0n) is 13.0. The molecule has 0 fully saturated rings. The zero-order chi connectivity index (χ0) is 16.9. The number of benzene rings is 1. The van der Waals surface area contributed by atoms with Crippen molar-refractivity contribution >= 4 is 21.6 Å². The average molecular weight is 328 g/mol. The summed E-state index contributed by atoms with van der Waals surface area (Å²) in [6.07, 6.45) is 1.06. The van der Waals surface area contributed by atoms with E-state index in [-0.39, 0.29) is 23.0 Å². The third-order valence-corrected chi connectivity index (χ3v) is 3.69. The maximum atomic E-state index is 13.3. The Morgan fingerprint density at radius 3 is 2.55 bits per heavy atom. The molecule has 0 aromatic heterocycles. The first-order valence-corrected chi connectivity index (χ1v) is 8.85. The van der Waals surface area contributed by atoms with Gasteiger partial charge in [-0.2, -0.15) is 0 Å². The molecule has 0 aliphatic heterocycles. The van der Waals surface area contributed by atoms with Gasteiger partial charge in [-0.15, -0.1) is 0 Å². The fraction of sp³-hybridized carbons (Fsp3) is 0.400. The van der Waals surface area contributed by atoms with Crippen LogP contribution in [-0.4, -0.2) is 38.7 Å². The minimum Gasteiger partial charge on any atom is -0.321 e. The Balaban J connectivity index is 3.01. The van der Waals surface area contributed by atoms with E-state index in [1.54, 1.807) is 0 Å². The van der Waals surface area contributed by atoms with Crippen LogP contribution in [0.25, 0.3) is 0 Å². The molecular weight excluding hydrogens is 307 g/mol. The summed E-state index contributed by atoms with van der Waals surface area (Å²) in [6, 6.07) is 3.27. The fourth-order valence-electron chi connectivity index (χ4n) is 1.93. The molecule has 1 rings (SSSR count). The van der Waals surface area contributed by atoms with Crippen molar-refractivity contribution in [2.24, 2.45) is 0 Å². The highest BCUT2D eigenvalue weighted by molar-refractivity contribution is 7.89. The number of urea groups is 1. The lowest BCUT2D eigenvalue weighted by Gasteiger charge is -2.22. The van der Waals surface area contributed by atoms with Crippen molar-refractivity contribution < 1.29 is 17.6 Å². The van der Waals surface area contributed by atoms with Crippen LogP contribution >= 0.6 is 0 Å². The van der Waals surface area contributed by atoms with Gasteiger partial charge in [0.05, 0.1) is 5.75 Å². The van der Waals surface area contributed by atoms with Gasteiger partial charge in [0.25, 0.3) is 0 Å². The molecule has 0 heterocycles. The molecule has 0 aliphatic carbocycles. The number of anilines is 1. The molecule has 0 spiro atoms. The molecule has 0 unspecified atom stereocenters. The van der Waals surface area contributed by atoms with Crippen molar-refractivity contribution in [2.45, 2.75) is 19.6 Å². The highest BCUT2D eigenvalue weighted by Crippen LogP contribution is 2.20. The molecule has 0 saturated heterocycles. The minimum atomic E-state index is -3.34. The topological polar surface area (TPSA) is 66.5 Å². The first-order chi connectivity index (χ1) is 10.1. The van der Waals surface area contributed by atoms with Crippen LogP contribution in [0.3, 0.4) is 0 Å². The molecule has 1 aromatic carbocycles. The van der Waals surface area contributed by atoms with Crippen LogP contribution in [-0.2, 0) is 15.6 Å². The number of amides is 2. The summed E-state index contributed by atoms with van der Waals surface area (Å²) in [5, 5.41) is 2.63. The monoisotopic (exact) mass is 328 g/mol. The Bertz CT molecular complexity index is 671. The molecule has 1 aromatic rings. The van der Waals surface area contributed by atoms with E-state index < -0.39 is 15.7 Å². The molecular formula is C15H21FN2O3S. The number of sulfone groups is 1. The van der Waals surface area contributed by atoms with E-state index in [0.717, 1.165) is 17.9 Å². The lowest BCUT2D eigenvalue weighted by molar-refractivity contribution is 0.218. The Hall–Kier alpha value is -1.89. The maximum absolute atomic E-state index is 13.3. The second-order valence-electron chi connectivity index (χ2n) is 5.27. The Kier molecular flexibility index (Phi) is 6.11. The van der Waals surface area contributed by atoms with E-state index in [9.17, 15) is 17.6 Å². The normalized spacial score (nSPS) is 11.1. The average Bonchev–Trinajstić information content (AvgIpc) is 2.37. The van der Waals surface area contributed by atoms with E-state index in [1.165, 1.54) is 17.0 Å². The number of carbonyl (C=O) groups is 1. The van der Waals surface area contributed by atoms with Crippen molar-refractivity contribution in [3.8, 4) is 0 Å². The third kappa shape index (κ3) is 5.85. The van der Waals surface area contributed by atoms with Crippen LogP contribution in [0.2, 0.25) is 0 Å². The molecule has 0 atom stereocenters. The molecule has 122 valence electrons. The van der Waals surface area contributed by atoms with Crippen LogP contribution in [0, 0.1) is 5.82 Å². The maximum Gasteiger partial charge on any atom is 0.322 e. The van der Waals surface area contributed by atoms with Crippen molar-refractivity contribution in [1.29, 1.82) is 0 Å². The van der Waals surface area contributed by atoms with Crippen LogP contribution in [0.15, 0.2) is 30.4 Å². The standard InChI is InChI=1S/C15H21FN2O3S/c1-5-18(9-11(2)3)15(19)17-14-7-6-13(16)8-12(14)10-22(4,20)21/h6-8H,2,5,9-10H2,1,3-4H3,(H,17,19). The number of hydrogen-bond donors (Lipinski definition) is 1. The summed E-state index contributed by atoms with van der Waals surface area (Å²) in [7, 11) is -3.34. The summed E-state index contributed by atoms with van der Waals surface area (Å²) >= 11 is 0. The van der Waals surface area contributed by atoms with Crippen LogP contribution in [0.5, 0.6) is 0 Å². The summed E-state index contributed by atoms with van der Waals surface area (Å²) in [5.41, 5.74) is 1.34. The van der Waals surface area contributed by atoms with Crippen LogP contribution in [0.1, 0.15) is 19.4 Å². The quantitative estimate of drug-likeness (QED) is 0.817. The number of carbonyl (C=O) groups excluding carboxylic acids is 1. The highest BCUT2D eigenvalue weighted by Gasteiger charge is 2.16. The van der Waals surface area contributed by atoms with Crippen LogP contribution < -0.4 is 5.32 Å². The fourth-order valence-corrected chi connectivity index (χ4v) is 2.74. The van der Waals surface area contributed by atoms with Crippen LogP contribution in [0.4, 0.5) is 14.9 Å². The number of likely N-dealkylation sites (N-methyl/N-ethyl adjacent to an activating group) is 1. The van der Waals surface area contributed by atoms with Gasteiger partial charge in [0, 0.05) is 25.0 Å². The Labute approximate surface area is 130 Å². The lowest BCUT2D eigenvalue weighted by atomic mass is 10.2. The molecule has 0 aliphatic rings. The zero-order valence-corrected chi connectivity index (χ0v) is 13.8. The number of rotatable bonds is 6. The third-order valence-electron chi connectivity index (χ3n) is 2.86. The smallest absolute Gasteiger partial charge is 0.321 e. The van der Waals surface area contributed by atoms with Gasteiger partial charge in [0.1, 0.15) is 5.82 Å². The van der Waals surface area contributed by atoms with Crippen molar-refractivity contribution in [3.05, 3.63) is 41.7 Å². The predicted molar refractivity (Wildman–Crippen MR) is 86.0 cm³/mol. The number of nitrogens with zero attached hydrogens (tertiary/aromatic N) is 1.